The Morgan fingerprint density at radius 3 is 2.32 bits per heavy atom. The number of hydrogen-bond donors (Lipinski definition) is 0. The highest BCUT2D eigenvalue weighted by Crippen LogP contribution is 2.23. The molecule has 0 unspecified atom stereocenters. The maximum absolute atomic E-state index is 12.8. The predicted octanol–water partition coefficient (Wildman–Crippen LogP) is 0.707. The number of hydrogen-bond acceptors (Lipinski definition) is 5. The Balaban J connectivity index is 2.26. The SMILES string of the molecule is Cn1c(=O)c2c(nc(S(=O)(=O)Cc3ccccc3Br)n2C)n(C)c1=O. The van der Waals surface area contributed by atoms with Crippen molar-refractivity contribution in [3.63, 3.8) is 0 Å². The molecule has 0 amide bonds. The van der Waals surface area contributed by atoms with Gasteiger partial charge in [-0.1, -0.05) is 34.1 Å². The number of aryl methyl sites for hydroxylation is 2. The monoisotopic (exact) mass is 426 g/mol. The molecule has 8 nitrogen and oxygen atoms in total. The highest BCUT2D eigenvalue weighted by molar-refractivity contribution is 9.10. The van der Waals surface area contributed by atoms with Gasteiger partial charge in [-0.2, -0.15) is 4.98 Å². The fourth-order valence-electron chi connectivity index (χ4n) is 2.66. The van der Waals surface area contributed by atoms with Crippen molar-refractivity contribution in [2.24, 2.45) is 21.1 Å². The van der Waals surface area contributed by atoms with E-state index in [1.165, 1.54) is 25.7 Å². The largest absolute Gasteiger partial charge is 0.332 e. The molecule has 2 heterocycles. The minimum absolute atomic E-state index is 0.0429. The van der Waals surface area contributed by atoms with Crippen LogP contribution in [0.25, 0.3) is 11.2 Å². The second-order valence-electron chi connectivity index (χ2n) is 5.68. The van der Waals surface area contributed by atoms with Gasteiger partial charge in [0.2, 0.25) is 15.0 Å². The van der Waals surface area contributed by atoms with Crippen molar-refractivity contribution in [3.05, 3.63) is 55.1 Å². The number of aromatic nitrogens is 4. The first-order valence-corrected chi connectivity index (χ1v) is 9.68. The highest BCUT2D eigenvalue weighted by Gasteiger charge is 2.26. The average Bonchev–Trinajstić information content (AvgIpc) is 2.91. The third-order valence-corrected chi connectivity index (χ3v) is 6.40. The summed E-state index contributed by atoms with van der Waals surface area (Å²) in [7, 11) is 0.409. The summed E-state index contributed by atoms with van der Waals surface area (Å²) in [6.45, 7) is 0. The lowest BCUT2D eigenvalue weighted by molar-refractivity contribution is 0.579. The van der Waals surface area contributed by atoms with E-state index in [0.29, 0.717) is 10.0 Å². The first-order valence-electron chi connectivity index (χ1n) is 7.23. The molecule has 0 spiro atoms. The zero-order valence-corrected chi connectivity index (χ0v) is 16.1. The quantitative estimate of drug-likeness (QED) is 0.614. The smallest absolute Gasteiger partial charge is 0.312 e. The molecule has 3 aromatic rings. The summed E-state index contributed by atoms with van der Waals surface area (Å²) >= 11 is 3.33. The minimum Gasteiger partial charge on any atom is -0.312 e. The summed E-state index contributed by atoms with van der Waals surface area (Å²) in [4.78, 5) is 28.5. The van der Waals surface area contributed by atoms with Gasteiger partial charge in [0.1, 0.15) is 0 Å². The number of sulfone groups is 1. The molecule has 0 saturated carbocycles. The fourth-order valence-corrected chi connectivity index (χ4v) is 4.80. The van der Waals surface area contributed by atoms with Crippen LogP contribution in [0.15, 0.2) is 43.5 Å². The molecule has 0 radical (unpaired) electrons. The molecular formula is C15H15BrN4O4S. The van der Waals surface area contributed by atoms with Crippen molar-refractivity contribution in [1.82, 2.24) is 18.7 Å². The number of fused-ring (bicyclic) bond motifs is 1. The number of rotatable bonds is 3. The minimum atomic E-state index is -3.83. The summed E-state index contributed by atoms with van der Waals surface area (Å²) in [5.74, 6) is -0.278. The molecule has 0 aliphatic heterocycles. The first-order chi connectivity index (χ1) is 11.6. The highest BCUT2D eigenvalue weighted by atomic mass is 79.9. The van der Waals surface area contributed by atoms with E-state index in [9.17, 15) is 18.0 Å². The third-order valence-electron chi connectivity index (χ3n) is 4.02. The first kappa shape index (κ1) is 17.6. The van der Waals surface area contributed by atoms with Crippen LogP contribution in [0, 0.1) is 0 Å². The Labute approximate surface area is 151 Å². The second-order valence-corrected chi connectivity index (χ2v) is 8.42. The van der Waals surface area contributed by atoms with E-state index in [1.807, 2.05) is 0 Å². The molecule has 10 heteroatoms. The van der Waals surface area contributed by atoms with Gasteiger partial charge in [0.05, 0.1) is 5.75 Å². The van der Waals surface area contributed by atoms with Gasteiger partial charge in [0, 0.05) is 25.6 Å². The van der Waals surface area contributed by atoms with Crippen molar-refractivity contribution in [3.8, 4) is 0 Å². The van der Waals surface area contributed by atoms with Gasteiger partial charge in [-0.25, -0.2) is 13.2 Å². The van der Waals surface area contributed by atoms with Gasteiger partial charge in [-0.05, 0) is 11.6 Å². The molecule has 0 N–H and O–H groups in total. The maximum Gasteiger partial charge on any atom is 0.332 e. The van der Waals surface area contributed by atoms with Crippen LogP contribution in [-0.2, 0) is 36.7 Å². The van der Waals surface area contributed by atoms with Crippen LogP contribution in [-0.4, -0.2) is 27.1 Å². The number of benzene rings is 1. The topological polar surface area (TPSA) is 96.0 Å². The van der Waals surface area contributed by atoms with E-state index in [2.05, 4.69) is 20.9 Å². The summed E-state index contributed by atoms with van der Waals surface area (Å²) in [5.41, 5.74) is -0.464. The van der Waals surface area contributed by atoms with E-state index in [1.54, 1.807) is 24.3 Å². The average molecular weight is 427 g/mol. The molecule has 0 saturated heterocycles. The standard InChI is InChI=1S/C15H15BrN4O4S/c1-18-11-12(19(2)15(22)20(3)13(11)21)17-14(18)25(23,24)8-9-6-4-5-7-10(9)16/h4-7H,8H2,1-3H3. The summed E-state index contributed by atoms with van der Waals surface area (Å²) in [5, 5.41) is -0.253. The van der Waals surface area contributed by atoms with E-state index in [0.717, 1.165) is 9.13 Å². The van der Waals surface area contributed by atoms with E-state index >= 15 is 0 Å². The van der Waals surface area contributed by atoms with Gasteiger partial charge in [0.25, 0.3) is 5.56 Å². The zero-order valence-electron chi connectivity index (χ0n) is 13.7. The number of halogens is 1. The van der Waals surface area contributed by atoms with Crippen molar-refractivity contribution in [1.29, 1.82) is 0 Å². The van der Waals surface area contributed by atoms with Crippen LogP contribution in [0.4, 0.5) is 0 Å². The predicted molar refractivity (Wildman–Crippen MR) is 96.2 cm³/mol. The molecular weight excluding hydrogens is 412 g/mol. The summed E-state index contributed by atoms with van der Waals surface area (Å²) in [6.07, 6.45) is 0. The molecule has 0 aliphatic carbocycles. The molecule has 0 aliphatic rings. The van der Waals surface area contributed by atoms with Crippen LogP contribution in [0.2, 0.25) is 0 Å². The lowest BCUT2D eigenvalue weighted by atomic mass is 10.2. The lowest BCUT2D eigenvalue weighted by Crippen LogP contribution is -2.37. The van der Waals surface area contributed by atoms with Crippen molar-refractivity contribution >= 4 is 36.9 Å². The van der Waals surface area contributed by atoms with Gasteiger partial charge in [-0.15, -0.1) is 0 Å². The Morgan fingerprint density at radius 1 is 1.04 bits per heavy atom. The van der Waals surface area contributed by atoms with Crippen LogP contribution < -0.4 is 11.2 Å². The third kappa shape index (κ3) is 2.74. The summed E-state index contributed by atoms with van der Waals surface area (Å²) in [6, 6.07) is 6.97. The van der Waals surface area contributed by atoms with Crippen LogP contribution in [0.1, 0.15) is 5.56 Å². The Kier molecular flexibility index (Phi) is 4.20. The van der Waals surface area contributed by atoms with Crippen molar-refractivity contribution < 1.29 is 8.42 Å². The molecule has 132 valence electrons. The molecule has 0 bridgehead atoms. The van der Waals surface area contributed by atoms with E-state index < -0.39 is 21.1 Å². The van der Waals surface area contributed by atoms with Gasteiger partial charge >= 0.3 is 5.69 Å². The Bertz CT molecular complexity index is 1220. The van der Waals surface area contributed by atoms with Crippen LogP contribution >= 0.6 is 15.9 Å². The Morgan fingerprint density at radius 2 is 1.68 bits per heavy atom. The molecule has 25 heavy (non-hydrogen) atoms. The zero-order chi connectivity index (χ0) is 18.5. The molecule has 1 aromatic carbocycles. The van der Waals surface area contributed by atoms with Gasteiger partial charge in [-0.3, -0.25) is 13.9 Å². The maximum atomic E-state index is 12.8. The van der Waals surface area contributed by atoms with Gasteiger partial charge < -0.3 is 4.57 Å². The number of imidazole rings is 1. The van der Waals surface area contributed by atoms with Gasteiger partial charge in [0.15, 0.2) is 11.2 Å². The fraction of sp³-hybridized carbons (Fsp3) is 0.267. The van der Waals surface area contributed by atoms with Crippen LogP contribution in [0.3, 0.4) is 0 Å². The van der Waals surface area contributed by atoms with Crippen molar-refractivity contribution in [2.45, 2.75) is 10.9 Å². The molecule has 0 fully saturated rings. The molecule has 0 atom stereocenters. The van der Waals surface area contributed by atoms with Crippen molar-refractivity contribution in [2.75, 3.05) is 0 Å². The number of nitrogens with zero attached hydrogens (tertiary/aromatic N) is 4. The molecule has 3 rings (SSSR count). The normalized spacial score (nSPS) is 12.0. The Hall–Kier alpha value is -2.20. The van der Waals surface area contributed by atoms with Crippen LogP contribution in [0.5, 0.6) is 0 Å². The molecule has 2 aromatic heterocycles. The lowest BCUT2D eigenvalue weighted by Gasteiger charge is -2.06. The summed E-state index contributed by atoms with van der Waals surface area (Å²) < 4.78 is 29.7. The second kappa shape index (κ2) is 5.95. The van der Waals surface area contributed by atoms with E-state index in [-0.39, 0.29) is 22.1 Å². The van der Waals surface area contributed by atoms with E-state index in [4.69, 9.17) is 0 Å².